The average molecular weight is 305 g/mol. The number of carbonyl (C=O) groups excluding carboxylic acids is 1. The Hall–Kier alpha value is -2.36. The van der Waals surface area contributed by atoms with Crippen molar-refractivity contribution in [3.05, 3.63) is 41.2 Å². The maximum atomic E-state index is 11.9. The Morgan fingerprint density at radius 1 is 1.48 bits per heavy atom. The van der Waals surface area contributed by atoms with Gasteiger partial charge in [0.05, 0.1) is 18.5 Å². The van der Waals surface area contributed by atoms with Crippen molar-refractivity contribution >= 4 is 23.2 Å². The normalized spacial score (nSPS) is 9.81. The predicted octanol–water partition coefficient (Wildman–Crippen LogP) is 1.30. The van der Waals surface area contributed by atoms with E-state index in [1.807, 2.05) is 0 Å². The van der Waals surface area contributed by atoms with Crippen molar-refractivity contribution in [2.45, 2.75) is 13.0 Å². The van der Waals surface area contributed by atoms with Crippen LogP contribution in [0.25, 0.3) is 0 Å². The van der Waals surface area contributed by atoms with Gasteiger partial charge in [-0.05, 0) is 18.2 Å². The molecule has 0 aliphatic rings. The van der Waals surface area contributed by atoms with Crippen molar-refractivity contribution in [1.29, 1.82) is 0 Å². The molecule has 0 atom stereocenters. The first-order valence-corrected chi connectivity index (χ1v) is 6.60. The highest BCUT2D eigenvalue weighted by atomic mass is 35.5. The van der Waals surface area contributed by atoms with Crippen LogP contribution in [-0.4, -0.2) is 32.6 Å². The first-order chi connectivity index (χ1) is 10.2. The van der Waals surface area contributed by atoms with Crippen molar-refractivity contribution in [1.82, 2.24) is 15.0 Å². The molecule has 0 fully saturated rings. The molecule has 0 saturated carbocycles. The summed E-state index contributed by atoms with van der Waals surface area (Å²) in [5.41, 5.74) is 1.16. The van der Waals surface area contributed by atoms with E-state index in [2.05, 4.69) is 27.5 Å². The lowest BCUT2D eigenvalue weighted by molar-refractivity contribution is -0.116. The third-order valence-corrected chi connectivity index (χ3v) is 2.73. The number of anilines is 1. The van der Waals surface area contributed by atoms with Gasteiger partial charge in [-0.3, -0.25) is 4.79 Å². The molecule has 0 spiro atoms. The topological polar surface area (TPSA) is 80.0 Å². The zero-order chi connectivity index (χ0) is 15.1. The zero-order valence-corrected chi connectivity index (χ0v) is 11.8. The molecule has 1 aromatic heterocycles. The molecule has 0 radical (unpaired) electrons. The molecule has 7 heteroatoms. The molecular formula is C14H13ClN4O2. The summed E-state index contributed by atoms with van der Waals surface area (Å²) in [6, 6.07) is 5.04. The summed E-state index contributed by atoms with van der Waals surface area (Å²) in [5, 5.41) is 19.3. The Bertz CT molecular complexity index is 674. The number of aliphatic hydroxyl groups is 1. The van der Waals surface area contributed by atoms with Gasteiger partial charge >= 0.3 is 0 Å². The Balaban J connectivity index is 2.12. The average Bonchev–Trinajstić information content (AvgIpc) is 2.94. The molecule has 2 N–H and O–H groups in total. The number of benzene rings is 1. The van der Waals surface area contributed by atoms with Gasteiger partial charge in [0, 0.05) is 23.2 Å². The van der Waals surface area contributed by atoms with E-state index in [0.29, 0.717) is 22.7 Å². The van der Waals surface area contributed by atoms with E-state index in [4.69, 9.17) is 16.7 Å². The molecule has 1 amide bonds. The summed E-state index contributed by atoms with van der Waals surface area (Å²) in [7, 11) is 0. The van der Waals surface area contributed by atoms with Gasteiger partial charge in [-0.15, -0.1) is 5.10 Å². The van der Waals surface area contributed by atoms with Crippen LogP contribution in [0.5, 0.6) is 0 Å². The second kappa shape index (κ2) is 7.43. The number of aliphatic hydroxyl groups excluding tert-OH is 1. The van der Waals surface area contributed by atoms with E-state index in [1.165, 1.54) is 10.9 Å². The first kappa shape index (κ1) is 15.0. The number of hydrogen-bond donors (Lipinski definition) is 2. The van der Waals surface area contributed by atoms with Crippen molar-refractivity contribution in [2.24, 2.45) is 0 Å². The highest BCUT2D eigenvalue weighted by Crippen LogP contribution is 2.20. The molecule has 2 rings (SSSR count). The van der Waals surface area contributed by atoms with Gasteiger partial charge in [-0.25, -0.2) is 4.68 Å². The van der Waals surface area contributed by atoms with E-state index in [0.717, 1.165) is 0 Å². The van der Waals surface area contributed by atoms with Crippen molar-refractivity contribution in [3.63, 3.8) is 0 Å². The predicted molar refractivity (Wildman–Crippen MR) is 78.7 cm³/mol. The smallest absolute Gasteiger partial charge is 0.246 e. The fourth-order valence-electron chi connectivity index (χ4n) is 1.60. The Morgan fingerprint density at radius 3 is 3.05 bits per heavy atom. The number of rotatable bonds is 4. The van der Waals surface area contributed by atoms with Gasteiger partial charge < -0.3 is 10.4 Å². The quantitative estimate of drug-likeness (QED) is 0.835. The van der Waals surface area contributed by atoms with E-state index in [-0.39, 0.29) is 19.1 Å². The van der Waals surface area contributed by atoms with Crippen molar-refractivity contribution < 1.29 is 9.90 Å². The molecule has 0 unspecified atom stereocenters. The van der Waals surface area contributed by atoms with E-state index >= 15 is 0 Å². The highest BCUT2D eigenvalue weighted by Gasteiger charge is 2.08. The monoisotopic (exact) mass is 304 g/mol. The van der Waals surface area contributed by atoms with E-state index < -0.39 is 0 Å². The van der Waals surface area contributed by atoms with Crippen LogP contribution in [0.3, 0.4) is 0 Å². The van der Waals surface area contributed by atoms with Gasteiger partial charge in [0.1, 0.15) is 6.54 Å². The molecule has 0 aliphatic heterocycles. The molecule has 21 heavy (non-hydrogen) atoms. The van der Waals surface area contributed by atoms with Crippen molar-refractivity contribution in [3.8, 4) is 11.8 Å². The SMILES string of the molecule is O=C(Cn1ccnn1)Nc1cc(Cl)ccc1C#CCCO. The lowest BCUT2D eigenvalue weighted by Gasteiger charge is -2.08. The van der Waals surface area contributed by atoms with Gasteiger partial charge in [-0.2, -0.15) is 0 Å². The first-order valence-electron chi connectivity index (χ1n) is 6.22. The lowest BCUT2D eigenvalue weighted by Crippen LogP contribution is -2.19. The Morgan fingerprint density at radius 2 is 2.33 bits per heavy atom. The summed E-state index contributed by atoms with van der Waals surface area (Å²) in [6.07, 6.45) is 3.47. The number of aromatic nitrogens is 3. The number of hydrogen-bond acceptors (Lipinski definition) is 4. The number of nitrogens with one attached hydrogen (secondary N) is 1. The molecule has 1 heterocycles. The summed E-state index contributed by atoms with van der Waals surface area (Å²) < 4.78 is 1.41. The Kier molecular flexibility index (Phi) is 5.32. The molecule has 0 saturated heterocycles. The number of nitrogens with zero attached hydrogens (tertiary/aromatic N) is 3. The standard InChI is InChI=1S/C14H13ClN4O2/c15-12-5-4-11(3-1-2-8-20)13(9-12)17-14(21)10-19-7-6-16-18-19/h4-7,9,20H,2,8,10H2,(H,17,21). The van der Waals surface area contributed by atoms with Crippen LogP contribution in [0.1, 0.15) is 12.0 Å². The molecule has 0 bridgehead atoms. The van der Waals surface area contributed by atoms with E-state index in [9.17, 15) is 4.79 Å². The largest absolute Gasteiger partial charge is 0.395 e. The van der Waals surface area contributed by atoms with Gasteiger partial charge in [0.15, 0.2) is 0 Å². The van der Waals surface area contributed by atoms with Crippen LogP contribution >= 0.6 is 11.6 Å². The second-order valence-corrected chi connectivity index (χ2v) is 4.55. The van der Waals surface area contributed by atoms with Crippen LogP contribution in [-0.2, 0) is 11.3 Å². The summed E-state index contributed by atoms with van der Waals surface area (Å²) in [5.74, 6) is 5.44. The van der Waals surface area contributed by atoms with Gasteiger partial charge in [0.25, 0.3) is 0 Å². The Labute approximate surface area is 126 Å². The molecular weight excluding hydrogens is 292 g/mol. The van der Waals surface area contributed by atoms with E-state index in [1.54, 1.807) is 24.4 Å². The summed E-state index contributed by atoms with van der Waals surface area (Å²) in [4.78, 5) is 11.9. The van der Waals surface area contributed by atoms with Crippen LogP contribution in [0, 0.1) is 11.8 Å². The highest BCUT2D eigenvalue weighted by molar-refractivity contribution is 6.31. The van der Waals surface area contributed by atoms with Crippen LogP contribution in [0.2, 0.25) is 5.02 Å². The molecule has 0 aliphatic carbocycles. The second-order valence-electron chi connectivity index (χ2n) is 4.11. The van der Waals surface area contributed by atoms with Crippen LogP contribution in [0.4, 0.5) is 5.69 Å². The fraction of sp³-hybridized carbons (Fsp3) is 0.214. The maximum absolute atomic E-state index is 11.9. The van der Waals surface area contributed by atoms with Gasteiger partial charge in [-0.1, -0.05) is 28.7 Å². The minimum Gasteiger partial charge on any atom is -0.395 e. The maximum Gasteiger partial charge on any atom is 0.246 e. The summed E-state index contributed by atoms with van der Waals surface area (Å²) in [6.45, 7) is 0.0462. The molecule has 2 aromatic rings. The third-order valence-electron chi connectivity index (χ3n) is 2.49. The third kappa shape index (κ3) is 4.60. The molecule has 6 nitrogen and oxygen atoms in total. The minimum absolute atomic E-state index is 0.00538. The zero-order valence-electron chi connectivity index (χ0n) is 11.1. The summed E-state index contributed by atoms with van der Waals surface area (Å²) >= 11 is 5.94. The lowest BCUT2D eigenvalue weighted by atomic mass is 10.1. The fourth-order valence-corrected chi connectivity index (χ4v) is 1.77. The van der Waals surface area contributed by atoms with Crippen LogP contribution in [0.15, 0.2) is 30.6 Å². The number of halogens is 1. The minimum atomic E-state index is -0.257. The van der Waals surface area contributed by atoms with Crippen LogP contribution < -0.4 is 5.32 Å². The number of amides is 1. The molecule has 108 valence electrons. The number of carbonyl (C=O) groups is 1. The molecule has 1 aromatic carbocycles. The van der Waals surface area contributed by atoms with Crippen molar-refractivity contribution in [2.75, 3.05) is 11.9 Å². The van der Waals surface area contributed by atoms with Gasteiger partial charge in [0.2, 0.25) is 5.91 Å².